The molecule has 7 heteroatoms. The van der Waals surface area contributed by atoms with E-state index < -0.39 is 10.0 Å². The average molecular weight is 358 g/mol. The van der Waals surface area contributed by atoms with Crippen LogP contribution in [0.3, 0.4) is 0 Å². The second-order valence-electron chi connectivity index (χ2n) is 6.25. The number of sulfonamides is 1. The molecule has 0 fully saturated rings. The van der Waals surface area contributed by atoms with E-state index in [9.17, 15) is 8.42 Å². The Labute approximate surface area is 147 Å². The number of H-pyrrole nitrogens is 1. The number of rotatable bonds is 6. The number of fused-ring (bicyclic) bond motifs is 1. The molecule has 3 rings (SSSR count). The van der Waals surface area contributed by atoms with Crippen molar-refractivity contribution in [1.82, 2.24) is 19.8 Å². The fourth-order valence-corrected chi connectivity index (χ4v) is 3.52. The Morgan fingerprint density at radius 2 is 1.88 bits per heavy atom. The molecule has 0 spiro atoms. The fraction of sp³-hybridized carbons (Fsp3) is 0.278. The third kappa shape index (κ3) is 3.73. The summed E-state index contributed by atoms with van der Waals surface area (Å²) in [5.74, 6) is 0. The molecule has 3 aromatic rings. The lowest BCUT2D eigenvalue weighted by molar-refractivity contribution is 0.520. The first-order valence-corrected chi connectivity index (χ1v) is 9.50. The van der Waals surface area contributed by atoms with Gasteiger partial charge >= 0.3 is 0 Å². The maximum atomic E-state index is 12.1. The van der Waals surface area contributed by atoms with E-state index in [-0.39, 0.29) is 6.04 Å². The summed E-state index contributed by atoms with van der Waals surface area (Å²) >= 11 is 0. The van der Waals surface area contributed by atoms with Crippen molar-refractivity contribution in [3.8, 4) is 0 Å². The van der Waals surface area contributed by atoms with Gasteiger partial charge in [0.1, 0.15) is 0 Å². The number of hydrogen-bond acceptors (Lipinski definition) is 4. The molecule has 0 aliphatic rings. The van der Waals surface area contributed by atoms with Gasteiger partial charge in [-0.2, -0.15) is 5.10 Å². The Hall–Kier alpha value is -2.22. The van der Waals surface area contributed by atoms with E-state index in [0.717, 1.165) is 22.0 Å². The van der Waals surface area contributed by atoms with Gasteiger partial charge in [0.05, 0.1) is 16.6 Å². The lowest BCUT2D eigenvalue weighted by Crippen LogP contribution is -2.22. The quantitative estimate of drug-likeness (QED) is 0.710. The Balaban J connectivity index is 1.67. The maximum absolute atomic E-state index is 12.1. The van der Waals surface area contributed by atoms with Crippen LogP contribution in [0.1, 0.15) is 24.1 Å². The minimum Gasteiger partial charge on any atom is -0.306 e. The van der Waals surface area contributed by atoms with E-state index in [4.69, 9.17) is 0 Å². The van der Waals surface area contributed by atoms with Crippen molar-refractivity contribution in [2.45, 2.75) is 24.4 Å². The first-order chi connectivity index (χ1) is 11.9. The first-order valence-electron chi connectivity index (χ1n) is 8.06. The number of aromatic amines is 1. The highest BCUT2D eigenvalue weighted by Gasteiger charge is 2.17. The predicted molar refractivity (Wildman–Crippen MR) is 98.7 cm³/mol. The van der Waals surface area contributed by atoms with E-state index in [1.807, 2.05) is 18.2 Å². The van der Waals surface area contributed by atoms with Gasteiger partial charge in [-0.25, -0.2) is 12.7 Å². The Morgan fingerprint density at radius 1 is 1.16 bits per heavy atom. The van der Waals surface area contributed by atoms with Crippen molar-refractivity contribution in [2.24, 2.45) is 0 Å². The van der Waals surface area contributed by atoms with Gasteiger partial charge in [0.25, 0.3) is 0 Å². The molecule has 132 valence electrons. The van der Waals surface area contributed by atoms with Crippen LogP contribution in [0.2, 0.25) is 0 Å². The Bertz CT molecular complexity index is 962. The zero-order valence-electron chi connectivity index (χ0n) is 14.5. The standard InChI is InChI=1S/C18H22N4O2S/c1-13(15-6-8-17(9-7-15)25(23,24)22(2)3)19-11-14-4-5-16-12-20-21-18(16)10-14/h4-10,12-13,19H,11H2,1-3H3,(H,20,21). The molecular formula is C18H22N4O2S. The van der Waals surface area contributed by atoms with Gasteiger partial charge in [0, 0.05) is 32.1 Å². The third-order valence-electron chi connectivity index (χ3n) is 4.28. The molecular weight excluding hydrogens is 336 g/mol. The van der Waals surface area contributed by atoms with Gasteiger partial charge in [-0.05, 0) is 36.2 Å². The van der Waals surface area contributed by atoms with Crippen LogP contribution in [0.5, 0.6) is 0 Å². The summed E-state index contributed by atoms with van der Waals surface area (Å²) in [6.45, 7) is 2.78. The molecule has 0 saturated carbocycles. The molecule has 1 atom stereocenters. The lowest BCUT2D eigenvalue weighted by atomic mass is 10.1. The Kier molecular flexibility index (Phi) is 4.89. The van der Waals surface area contributed by atoms with Gasteiger partial charge < -0.3 is 5.32 Å². The first kappa shape index (κ1) is 17.6. The van der Waals surface area contributed by atoms with Crippen LogP contribution in [0, 0.1) is 0 Å². The van der Waals surface area contributed by atoms with Crippen LogP contribution in [0.4, 0.5) is 0 Å². The number of benzene rings is 2. The molecule has 0 aliphatic carbocycles. The molecule has 1 unspecified atom stereocenters. The smallest absolute Gasteiger partial charge is 0.242 e. The topological polar surface area (TPSA) is 78.1 Å². The minimum absolute atomic E-state index is 0.105. The van der Waals surface area contributed by atoms with Crippen molar-refractivity contribution in [3.05, 3.63) is 59.8 Å². The van der Waals surface area contributed by atoms with Crippen molar-refractivity contribution >= 4 is 20.9 Å². The third-order valence-corrected chi connectivity index (χ3v) is 6.11. The molecule has 2 N–H and O–H groups in total. The highest BCUT2D eigenvalue weighted by Crippen LogP contribution is 2.19. The number of nitrogens with one attached hydrogen (secondary N) is 2. The van der Waals surface area contributed by atoms with Crippen LogP contribution in [-0.4, -0.2) is 37.0 Å². The molecule has 2 aromatic carbocycles. The lowest BCUT2D eigenvalue weighted by Gasteiger charge is -2.16. The van der Waals surface area contributed by atoms with E-state index in [2.05, 4.69) is 34.6 Å². The number of aromatic nitrogens is 2. The molecule has 0 radical (unpaired) electrons. The zero-order valence-corrected chi connectivity index (χ0v) is 15.3. The normalized spacial score (nSPS) is 13.4. The van der Waals surface area contributed by atoms with Crippen LogP contribution in [-0.2, 0) is 16.6 Å². The van der Waals surface area contributed by atoms with E-state index in [0.29, 0.717) is 11.4 Å². The highest BCUT2D eigenvalue weighted by atomic mass is 32.2. The van der Waals surface area contributed by atoms with Gasteiger partial charge in [-0.15, -0.1) is 0 Å². The fourth-order valence-electron chi connectivity index (χ4n) is 2.62. The molecule has 1 aromatic heterocycles. The van der Waals surface area contributed by atoms with E-state index in [1.54, 1.807) is 18.3 Å². The Morgan fingerprint density at radius 3 is 2.56 bits per heavy atom. The molecule has 1 heterocycles. The summed E-state index contributed by atoms with van der Waals surface area (Å²) in [7, 11) is -0.323. The van der Waals surface area contributed by atoms with Crippen LogP contribution >= 0.6 is 0 Å². The van der Waals surface area contributed by atoms with Crippen molar-refractivity contribution < 1.29 is 8.42 Å². The number of nitrogens with zero attached hydrogens (tertiary/aromatic N) is 2. The SMILES string of the molecule is CC(NCc1ccc2cn[nH]c2c1)c1ccc(S(=O)(=O)N(C)C)cc1. The van der Waals surface area contributed by atoms with Gasteiger partial charge in [-0.3, -0.25) is 5.10 Å². The van der Waals surface area contributed by atoms with E-state index in [1.165, 1.54) is 18.4 Å². The number of hydrogen-bond donors (Lipinski definition) is 2. The summed E-state index contributed by atoms with van der Waals surface area (Å²) in [4.78, 5) is 0.304. The average Bonchev–Trinajstić information content (AvgIpc) is 3.07. The largest absolute Gasteiger partial charge is 0.306 e. The van der Waals surface area contributed by atoms with E-state index >= 15 is 0 Å². The van der Waals surface area contributed by atoms with Gasteiger partial charge in [-0.1, -0.05) is 24.3 Å². The predicted octanol–water partition coefficient (Wildman–Crippen LogP) is 2.66. The van der Waals surface area contributed by atoms with Gasteiger partial charge in [0.15, 0.2) is 0 Å². The van der Waals surface area contributed by atoms with Crippen LogP contribution in [0.15, 0.2) is 53.6 Å². The maximum Gasteiger partial charge on any atom is 0.242 e. The van der Waals surface area contributed by atoms with Crippen molar-refractivity contribution in [1.29, 1.82) is 0 Å². The molecule has 0 aliphatic heterocycles. The summed E-state index contributed by atoms with van der Waals surface area (Å²) in [6, 6.07) is 13.3. The van der Waals surface area contributed by atoms with Crippen molar-refractivity contribution in [2.75, 3.05) is 14.1 Å². The molecule has 25 heavy (non-hydrogen) atoms. The summed E-state index contributed by atoms with van der Waals surface area (Å²) in [5, 5.41) is 11.5. The van der Waals surface area contributed by atoms with Crippen LogP contribution in [0.25, 0.3) is 10.9 Å². The van der Waals surface area contributed by atoms with Gasteiger partial charge in [0.2, 0.25) is 10.0 Å². The molecule has 0 saturated heterocycles. The van der Waals surface area contributed by atoms with Crippen molar-refractivity contribution in [3.63, 3.8) is 0 Å². The summed E-state index contributed by atoms with van der Waals surface area (Å²) in [6.07, 6.45) is 1.80. The summed E-state index contributed by atoms with van der Waals surface area (Å²) < 4.78 is 25.4. The minimum atomic E-state index is -3.39. The monoisotopic (exact) mass is 358 g/mol. The zero-order chi connectivity index (χ0) is 18.0. The molecule has 0 amide bonds. The highest BCUT2D eigenvalue weighted by molar-refractivity contribution is 7.89. The summed E-state index contributed by atoms with van der Waals surface area (Å²) in [5.41, 5.74) is 3.22. The molecule has 0 bridgehead atoms. The second kappa shape index (κ2) is 6.95. The van der Waals surface area contributed by atoms with Crippen LogP contribution < -0.4 is 5.32 Å². The second-order valence-corrected chi connectivity index (χ2v) is 8.40. The molecule has 6 nitrogen and oxygen atoms in total.